The maximum Gasteiger partial charge on any atom is 0.270 e. The van der Waals surface area contributed by atoms with Crippen molar-refractivity contribution in [1.29, 1.82) is 0 Å². The molecule has 25 heavy (non-hydrogen) atoms. The van der Waals surface area contributed by atoms with Crippen LogP contribution in [0.3, 0.4) is 0 Å². The smallest absolute Gasteiger partial charge is 0.270 e. The highest BCUT2D eigenvalue weighted by Gasteiger charge is 2.19. The number of hydrogen-bond acceptors (Lipinski definition) is 5. The number of pyridine rings is 2. The summed E-state index contributed by atoms with van der Waals surface area (Å²) in [5.74, 6) is -0.126. The van der Waals surface area contributed by atoms with Crippen molar-refractivity contribution in [3.63, 3.8) is 0 Å². The van der Waals surface area contributed by atoms with Gasteiger partial charge in [0, 0.05) is 51.2 Å². The van der Waals surface area contributed by atoms with E-state index in [9.17, 15) is 9.59 Å². The first kappa shape index (κ1) is 16.9. The monoisotopic (exact) mass is 339 g/mol. The van der Waals surface area contributed by atoms with Gasteiger partial charge in [-0.25, -0.2) is 0 Å². The Hall–Kier alpha value is -2.96. The van der Waals surface area contributed by atoms with Crippen molar-refractivity contribution in [1.82, 2.24) is 20.2 Å². The zero-order chi connectivity index (χ0) is 17.6. The van der Waals surface area contributed by atoms with Crippen LogP contribution in [0.15, 0.2) is 42.7 Å². The summed E-state index contributed by atoms with van der Waals surface area (Å²) < 4.78 is 0. The van der Waals surface area contributed by atoms with Crippen LogP contribution in [0.5, 0.6) is 0 Å². The molecule has 0 atom stereocenters. The summed E-state index contributed by atoms with van der Waals surface area (Å²) in [6.07, 6.45) is 3.34. The van der Waals surface area contributed by atoms with Gasteiger partial charge >= 0.3 is 0 Å². The standard InChI is InChI=1S/C18H21N5O2/c1-14(24)22-8-10-23(11-9-22)16-5-7-20-17(12-16)18(25)21-13-15-4-2-3-6-19-15/h2-7,12H,8-11,13H2,1H3,(H,21,25). The van der Waals surface area contributed by atoms with Gasteiger partial charge in [0.15, 0.2) is 0 Å². The third-order valence-corrected chi connectivity index (χ3v) is 4.22. The molecule has 0 radical (unpaired) electrons. The van der Waals surface area contributed by atoms with Crippen LogP contribution < -0.4 is 10.2 Å². The average molecular weight is 339 g/mol. The van der Waals surface area contributed by atoms with Gasteiger partial charge in [-0.05, 0) is 24.3 Å². The zero-order valence-electron chi connectivity index (χ0n) is 14.2. The molecule has 1 fully saturated rings. The van der Waals surface area contributed by atoms with Gasteiger partial charge in [-0.1, -0.05) is 6.07 Å². The first-order valence-corrected chi connectivity index (χ1v) is 8.28. The summed E-state index contributed by atoms with van der Waals surface area (Å²) in [6, 6.07) is 9.25. The van der Waals surface area contributed by atoms with Gasteiger partial charge in [0.1, 0.15) is 5.69 Å². The third-order valence-electron chi connectivity index (χ3n) is 4.22. The molecule has 0 aromatic carbocycles. The van der Waals surface area contributed by atoms with Crippen molar-refractivity contribution in [2.45, 2.75) is 13.5 Å². The number of carbonyl (C=O) groups excluding carboxylic acids is 2. The summed E-state index contributed by atoms with van der Waals surface area (Å²) in [6.45, 7) is 4.84. The Kier molecular flexibility index (Phi) is 5.23. The molecule has 2 aromatic rings. The van der Waals surface area contributed by atoms with Crippen LogP contribution >= 0.6 is 0 Å². The Morgan fingerprint density at radius 1 is 1.08 bits per heavy atom. The van der Waals surface area contributed by atoms with E-state index in [1.54, 1.807) is 25.4 Å². The van der Waals surface area contributed by atoms with Crippen LogP contribution in [0, 0.1) is 0 Å². The molecule has 7 heteroatoms. The van der Waals surface area contributed by atoms with Gasteiger partial charge in [0.2, 0.25) is 5.91 Å². The lowest BCUT2D eigenvalue weighted by Crippen LogP contribution is -2.48. The number of rotatable bonds is 4. The van der Waals surface area contributed by atoms with E-state index in [1.807, 2.05) is 29.2 Å². The molecule has 0 unspecified atom stereocenters. The molecule has 1 saturated heterocycles. The molecule has 1 N–H and O–H groups in total. The number of hydrogen-bond donors (Lipinski definition) is 1. The predicted molar refractivity (Wildman–Crippen MR) is 94.1 cm³/mol. The lowest BCUT2D eigenvalue weighted by atomic mass is 10.2. The molecule has 0 bridgehead atoms. The number of amides is 2. The molecular formula is C18H21N5O2. The number of aromatic nitrogens is 2. The van der Waals surface area contributed by atoms with Crippen LogP contribution in [-0.2, 0) is 11.3 Å². The Bertz CT molecular complexity index is 742. The van der Waals surface area contributed by atoms with E-state index in [0.29, 0.717) is 25.3 Å². The van der Waals surface area contributed by atoms with Gasteiger partial charge < -0.3 is 15.1 Å². The Balaban J connectivity index is 1.61. The molecule has 2 aromatic heterocycles. The minimum Gasteiger partial charge on any atom is -0.368 e. The van der Waals surface area contributed by atoms with E-state index in [1.165, 1.54) is 0 Å². The second-order valence-corrected chi connectivity index (χ2v) is 5.90. The van der Waals surface area contributed by atoms with Crippen molar-refractivity contribution in [2.75, 3.05) is 31.1 Å². The highest BCUT2D eigenvalue weighted by Crippen LogP contribution is 2.17. The first-order valence-electron chi connectivity index (χ1n) is 8.28. The Labute approximate surface area is 146 Å². The van der Waals surface area contributed by atoms with Crippen molar-refractivity contribution < 1.29 is 9.59 Å². The average Bonchev–Trinajstić information content (AvgIpc) is 2.67. The van der Waals surface area contributed by atoms with Gasteiger partial charge in [0.05, 0.1) is 12.2 Å². The first-order chi connectivity index (χ1) is 12.1. The van der Waals surface area contributed by atoms with E-state index in [-0.39, 0.29) is 11.8 Å². The predicted octanol–water partition coefficient (Wildman–Crippen LogP) is 1.08. The molecule has 0 spiro atoms. The van der Waals surface area contributed by atoms with Gasteiger partial charge in [-0.2, -0.15) is 0 Å². The topological polar surface area (TPSA) is 78.4 Å². The Morgan fingerprint density at radius 2 is 1.88 bits per heavy atom. The highest BCUT2D eigenvalue weighted by molar-refractivity contribution is 5.93. The Morgan fingerprint density at radius 3 is 2.56 bits per heavy atom. The number of piperazine rings is 1. The summed E-state index contributed by atoms with van der Waals surface area (Å²) in [7, 11) is 0. The molecule has 0 saturated carbocycles. The van der Waals surface area contributed by atoms with Crippen LogP contribution in [0.4, 0.5) is 5.69 Å². The van der Waals surface area contributed by atoms with Gasteiger partial charge in [-0.3, -0.25) is 19.6 Å². The molecule has 1 aliphatic heterocycles. The normalized spacial score (nSPS) is 14.3. The second-order valence-electron chi connectivity index (χ2n) is 5.90. The molecular weight excluding hydrogens is 318 g/mol. The quantitative estimate of drug-likeness (QED) is 0.902. The summed E-state index contributed by atoms with van der Waals surface area (Å²) in [5.41, 5.74) is 2.12. The lowest BCUT2D eigenvalue weighted by molar-refractivity contribution is -0.129. The maximum absolute atomic E-state index is 12.3. The molecule has 3 heterocycles. The molecule has 3 rings (SSSR count). The third kappa shape index (κ3) is 4.32. The van der Waals surface area contributed by atoms with E-state index >= 15 is 0 Å². The van der Waals surface area contributed by atoms with E-state index < -0.39 is 0 Å². The molecule has 1 aliphatic rings. The van der Waals surface area contributed by atoms with Crippen LogP contribution in [0.1, 0.15) is 23.1 Å². The fourth-order valence-corrected chi connectivity index (χ4v) is 2.78. The lowest BCUT2D eigenvalue weighted by Gasteiger charge is -2.35. The van der Waals surface area contributed by atoms with Gasteiger partial charge in [-0.15, -0.1) is 0 Å². The zero-order valence-corrected chi connectivity index (χ0v) is 14.2. The van der Waals surface area contributed by atoms with Crippen molar-refractivity contribution in [3.05, 3.63) is 54.1 Å². The van der Waals surface area contributed by atoms with Crippen molar-refractivity contribution in [2.24, 2.45) is 0 Å². The number of nitrogens with zero attached hydrogens (tertiary/aromatic N) is 4. The van der Waals surface area contributed by atoms with E-state index in [2.05, 4.69) is 20.2 Å². The molecule has 7 nitrogen and oxygen atoms in total. The largest absolute Gasteiger partial charge is 0.368 e. The fraction of sp³-hybridized carbons (Fsp3) is 0.333. The van der Waals surface area contributed by atoms with Crippen LogP contribution in [0.2, 0.25) is 0 Å². The summed E-state index contributed by atoms with van der Waals surface area (Å²) in [5, 5.41) is 2.83. The number of nitrogens with one attached hydrogen (secondary N) is 1. The fourth-order valence-electron chi connectivity index (χ4n) is 2.78. The minimum atomic E-state index is -0.227. The summed E-state index contributed by atoms with van der Waals surface area (Å²) in [4.78, 5) is 36.1. The van der Waals surface area contributed by atoms with Crippen molar-refractivity contribution >= 4 is 17.5 Å². The highest BCUT2D eigenvalue weighted by atomic mass is 16.2. The molecule has 0 aliphatic carbocycles. The summed E-state index contributed by atoms with van der Waals surface area (Å²) >= 11 is 0. The van der Waals surface area contributed by atoms with E-state index in [0.717, 1.165) is 24.5 Å². The minimum absolute atomic E-state index is 0.101. The molecule has 130 valence electrons. The van der Waals surface area contributed by atoms with E-state index in [4.69, 9.17) is 0 Å². The van der Waals surface area contributed by atoms with Gasteiger partial charge in [0.25, 0.3) is 5.91 Å². The van der Waals surface area contributed by atoms with Crippen LogP contribution in [0.25, 0.3) is 0 Å². The number of carbonyl (C=O) groups is 2. The van der Waals surface area contributed by atoms with Crippen LogP contribution in [-0.4, -0.2) is 52.9 Å². The second kappa shape index (κ2) is 7.74. The molecule has 2 amide bonds. The van der Waals surface area contributed by atoms with Crippen molar-refractivity contribution in [3.8, 4) is 0 Å². The maximum atomic E-state index is 12.3. The SMILES string of the molecule is CC(=O)N1CCN(c2ccnc(C(=O)NCc3ccccn3)c2)CC1. The number of anilines is 1.